The number of rotatable bonds is 4. The number of aromatic nitrogens is 4. The molecule has 1 amide bonds. The summed E-state index contributed by atoms with van der Waals surface area (Å²) >= 11 is 3.36. The first-order chi connectivity index (χ1) is 9.81. The Hall–Kier alpha value is -2.16. The normalized spacial score (nSPS) is 10.7. The Labute approximate surface area is 129 Å². The van der Waals surface area contributed by atoms with E-state index in [1.54, 1.807) is 32.0 Å². The van der Waals surface area contributed by atoms with E-state index in [1.165, 1.54) is 15.8 Å². The molecule has 2 aromatic rings. The molecule has 0 aliphatic heterocycles. The van der Waals surface area contributed by atoms with Gasteiger partial charge >= 0.3 is 5.97 Å². The van der Waals surface area contributed by atoms with Crippen molar-refractivity contribution in [1.29, 1.82) is 0 Å². The minimum absolute atomic E-state index is 0.0609. The van der Waals surface area contributed by atoms with Crippen LogP contribution < -0.4 is 0 Å². The van der Waals surface area contributed by atoms with E-state index in [0.29, 0.717) is 6.54 Å². The SMILES string of the molecule is CN(Cc1c(Br)cnn1C)C(=O)c1cn(C)nc1C(=O)O. The molecule has 2 rings (SSSR count). The molecule has 0 saturated heterocycles. The lowest BCUT2D eigenvalue weighted by molar-refractivity contribution is 0.0674. The summed E-state index contributed by atoms with van der Waals surface area (Å²) in [4.78, 5) is 24.9. The quantitative estimate of drug-likeness (QED) is 0.878. The second-order valence-corrected chi connectivity index (χ2v) is 5.45. The molecule has 0 radical (unpaired) electrons. The average molecular weight is 356 g/mol. The van der Waals surface area contributed by atoms with Crippen LogP contribution in [0.15, 0.2) is 16.9 Å². The second-order valence-electron chi connectivity index (χ2n) is 4.59. The van der Waals surface area contributed by atoms with Crippen LogP contribution in [0, 0.1) is 0 Å². The van der Waals surface area contributed by atoms with Crippen molar-refractivity contribution >= 4 is 27.8 Å². The van der Waals surface area contributed by atoms with Crippen molar-refractivity contribution < 1.29 is 14.7 Å². The lowest BCUT2D eigenvalue weighted by Crippen LogP contribution is -2.28. The van der Waals surface area contributed by atoms with Crippen molar-refractivity contribution in [2.75, 3.05) is 7.05 Å². The summed E-state index contributed by atoms with van der Waals surface area (Å²) in [5, 5.41) is 16.9. The van der Waals surface area contributed by atoms with Crippen molar-refractivity contribution in [2.24, 2.45) is 14.1 Å². The number of hydrogen-bond donors (Lipinski definition) is 1. The molecule has 0 aliphatic rings. The average Bonchev–Trinajstić information content (AvgIpc) is 2.95. The Morgan fingerprint density at radius 2 is 2.10 bits per heavy atom. The van der Waals surface area contributed by atoms with Crippen LogP contribution in [0.1, 0.15) is 26.5 Å². The van der Waals surface area contributed by atoms with Gasteiger partial charge in [-0.05, 0) is 15.9 Å². The lowest BCUT2D eigenvalue weighted by atomic mass is 10.2. The highest BCUT2D eigenvalue weighted by molar-refractivity contribution is 9.10. The van der Waals surface area contributed by atoms with Gasteiger partial charge in [-0.2, -0.15) is 10.2 Å². The van der Waals surface area contributed by atoms with Crippen LogP contribution in [0.4, 0.5) is 0 Å². The molecule has 21 heavy (non-hydrogen) atoms. The molecule has 0 saturated carbocycles. The van der Waals surface area contributed by atoms with Gasteiger partial charge in [-0.3, -0.25) is 14.2 Å². The Balaban J connectivity index is 2.26. The van der Waals surface area contributed by atoms with E-state index in [9.17, 15) is 9.59 Å². The maximum atomic E-state index is 12.4. The molecule has 2 aromatic heterocycles. The summed E-state index contributed by atoms with van der Waals surface area (Å²) in [6.45, 7) is 0.296. The third-order valence-corrected chi connectivity index (χ3v) is 3.67. The molecule has 112 valence electrons. The highest BCUT2D eigenvalue weighted by atomic mass is 79.9. The van der Waals surface area contributed by atoms with Crippen LogP contribution in [0.2, 0.25) is 0 Å². The second kappa shape index (κ2) is 5.68. The third kappa shape index (κ3) is 2.97. The molecule has 0 unspecified atom stereocenters. The number of hydrogen-bond acceptors (Lipinski definition) is 4. The summed E-state index contributed by atoms with van der Waals surface area (Å²) in [5.41, 5.74) is 0.621. The van der Waals surface area contributed by atoms with Crippen molar-refractivity contribution in [3.8, 4) is 0 Å². The number of aromatic carboxylic acids is 1. The first-order valence-corrected chi connectivity index (χ1v) is 6.79. The molecule has 0 aliphatic carbocycles. The van der Waals surface area contributed by atoms with Gasteiger partial charge in [-0.25, -0.2) is 4.79 Å². The van der Waals surface area contributed by atoms with E-state index in [2.05, 4.69) is 26.1 Å². The summed E-state index contributed by atoms with van der Waals surface area (Å²) in [6, 6.07) is 0. The predicted molar refractivity (Wildman–Crippen MR) is 76.9 cm³/mol. The minimum Gasteiger partial charge on any atom is -0.476 e. The number of halogens is 1. The zero-order chi connectivity index (χ0) is 15.7. The Morgan fingerprint density at radius 1 is 1.43 bits per heavy atom. The minimum atomic E-state index is -1.23. The summed E-state index contributed by atoms with van der Waals surface area (Å²) in [6.07, 6.45) is 3.04. The number of aryl methyl sites for hydroxylation is 2. The van der Waals surface area contributed by atoms with Crippen molar-refractivity contribution in [2.45, 2.75) is 6.54 Å². The highest BCUT2D eigenvalue weighted by Crippen LogP contribution is 2.18. The monoisotopic (exact) mass is 355 g/mol. The zero-order valence-electron chi connectivity index (χ0n) is 11.7. The van der Waals surface area contributed by atoms with E-state index in [0.717, 1.165) is 10.2 Å². The maximum absolute atomic E-state index is 12.4. The summed E-state index contributed by atoms with van der Waals surface area (Å²) < 4.78 is 3.74. The van der Waals surface area contributed by atoms with E-state index in [4.69, 9.17) is 5.11 Å². The fourth-order valence-corrected chi connectivity index (χ4v) is 2.39. The first kappa shape index (κ1) is 15.2. The van der Waals surface area contributed by atoms with Crippen molar-refractivity contribution in [3.05, 3.63) is 33.8 Å². The Kier molecular flexibility index (Phi) is 4.12. The van der Waals surface area contributed by atoms with Crippen LogP contribution in [0.25, 0.3) is 0 Å². The van der Waals surface area contributed by atoms with Crippen LogP contribution in [-0.4, -0.2) is 48.5 Å². The van der Waals surface area contributed by atoms with Gasteiger partial charge in [0.25, 0.3) is 5.91 Å². The molecule has 0 spiro atoms. The van der Waals surface area contributed by atoms with Gasteiger partial charge in [0.2, 0.25) is 0 Å². The largest absolute Gasteiger partial charge is 0.476 e. The van der Waals surface area contributed by atoms with E-state index < -0.39 is 11.9 Å². The Bertz CT molecular complexity index is 686. The Morgan fingerprint density at radius 3 is 2.62 bits per heavy atom. The van der Waals surface area contributed by atoms with Crippen molar-refractivity contribution in [1.82, 2.24) is 24.5 Å². The van der Waals surface area contributed by atoms with Crippen LogP contribution in [0.5, 0.6) is 0 Å². The number of carbonyl (C=O) groups excluding carboxylic acids is 1. The number of carboxylic acids is 1. The van der Waals surface area contributed by atoms with E-state index in [-0.39, 0.29) is 11.3 Å². The topological polar surface area (TPSA) is 93.3 Å². The molecular weight excluding hydrogens is 342 g/mol. The number of carboxylic acid groups (broad SMARTS) is 1. The molecule has 2 heterocycles. The number of nitrogens with zero attached hydrogens (tertiary/aromatic N) is 5. The van der Waals surface area contributed by atoms with Gasteiger partial charge < -0.3 is 10.0 Å². The maximum Gasteiger partial charge on any atom is 0.357 e. The molecule has 0 bridgehead atoms. The van der Waals surface area contributed by atoms with Gasteiger partial charge in [-0.15, -0.1) is 0 Å². The molecular formula is C12H14BrN5O3. The van der Waals surface area contributed by atoms with Crippen molar-refractivity contribution in [3.63, 3.8) is 0 Å². The van der Waals surface area contributed by atoms with Gasteiger partial charge in [0.15, 0.2) is 5.69 Å². The van der Waals surface area contributed by atoms with Gasteiger partial charge in [0.05, 0.1) is 28.5 Å². The number of amides is 1. The van der Waals surface area contributed by atoms with Crippen LogP contribution in [-0.2, 0) is 20.6 Å². The predicted octanol–water partition coefficient (Wildman–Crippen LogP) is 0.887. The molecule has 0 fully saturated rings. The van der Waals surface area contributed by atoms with Crippen LogP contribution in [0.3, 0.4) is 0 Å². The molecule has 1 N–H and O–H groups in total. The van der Waals surface area contributed by atoms with Crippen LogP contribution >= 0.6 is 15.9 Å². The smallest absolute Gasteiger partial charge is 0.357 e. The third-order valence-electron chi connectivity index (χ3n) is 3.01. The first-order valence-electron chi connectivity index (χ1n) is 6.00. The highest BCUT2D eigenvalue weighted by Gasteiger charge is 2.24. The van der Waals surface area contributed by atoms with Gasteiger partial charge in [-0.1, -0.05) is 0 Å². The van der Waals surface area contributed by atoms with Gasteiger partial charge in [0, 0.05) is 27.3 Å². The molecule has 9 heteroatoms. The lowest BCUT2D eigenvalue weighted by Gasteiger charge is -2.17. The summed E-state index contributed by atoms with van der Waals surface area (Å²) in [7, 11) is 4.94. The van der Waals surface area contributed by atoms with E-state index in [1.807, 2.05) is 0 Å². The molecule has 0 atom stereocenters. The molecule has 8 nitrogen and oxygen atoms in total. The number of carbonyl (C=O) groups is 2. The summed E-state index contributed by atoms with van der Waals surface area (Å²) in [5.74, 6) is -1.64. The molecule has 0 aromatic carbocycles. The zero-order valence-corrected chi connectivity index (χ0v) is 13.3. The fraction of sp³-hybridized carbons (Fsp3) is 0.333. The van der Waals surface area contributed by atoms with Gasteiger partial charge in [0.1, 0.15) is 0 Å². The van der Waals surface area contributed by atoms with E-state index >= 15 is 0 Å². The standard InChI is InChI=1S/C12H14BrN5O3/c1-16(6-9-8(13)4-14-18(9)3)11(19)7-5-17(2)15-10(7)12(20)21/h4-5H,6H2,1-3H3,(H,20,21). The fourth-order valence-electron chi connectivity index (χ4n) is 1.92.